The molecular weight excluding hydrogens is 368 g/mol. The minimum atomic E-state index is 0.00566. The van der Waals surface area contributed by atoms with Crippen molar-refractivity contribution in [1.82, 2.24) is 0 Å². The lowest BCUT2D eigenvalue weighted by molar-refractivity contribution is -0.148. The van der Waals surface area contributed by atoms with E-state index < -0.39 is 0 Å². The van der Waals surface area contributed by atoms with E-state index in [4.69, 9.17) is 4.74 Å². The number of unbranched alkanes of at least 4 members (excludes halogenated alkanes) is 16. The van der Waals surface area contributed by atoms with E-state index in [9.17, 15) is 4.79 Å². The van der Waals surface area contributed by atoms with Crippen molar-refractivity contribution < 1.29 is 9.53 Å². The number of rotatable bonds is 23. The summed E-state index contributed by atoms with van der Waals surface area (Å²) >= 11 is 0. The quantitative estimate of drug-likeness (QED) is 0.0930. The van der Waals surface area contributed by atoms with Crippen LogP contribution in [0.1, 0.15) is 156 Å². The molecule has 0 aliphatic heterocycles. The molecule has 30 heavy (non-hydrogen) atoms. The predicted octanol–water partition coefficient (Wildman–Crippen LogP) is 9.71. The summed E-state index contributed by atoms with van der Waals surface area (Å²) in [5, 5.41) is 0. The number of allylic oxidation sites excluding steroid dienone is 2. The van der Waals surface area contributed by atoms with E-state index in [0.29, 0.717) is 6.42 Å². The zero-order valence-corrected chi connectivity index (χ0v) is 20.9. The number of hydrogen-bond acceptors (Lipinski definition) is 2. The number of carbonyl (C=O) groups excluding carboxylic acids is 1. The summed E-state index contributed by atoms with van der Waals surface area (Å²) in [7, 11) is 0. The highest BCUT2D eigenvalue weighted by atomic mass is 16.5. The fourth-order valence-corrected chi connectivity index (χ4v) is 3.89. The Labute approximate surface area is 189 Å². The van der Waals surface area contributed by atoms with Crippen LogP contribution in [0.5, 0.6) is 0 Å². The summed E-state index contributed by atoms with van der Waals surface area (Å²) in [4.78, 5) is 11.9. The van der Waals surface area contributed by atoms with Crippen LogP contribution in [0, 0.1) is 0 Å². The van der Waals surface area contributed by atoms with Gasteiger partial charge in [-0.2, -0.15) is 0 Å². The topological polar surface area (TPSA) is 26.3 Å². The summed E-state index contributed by atoms with van der Waals surface area (Å²) in [5.41, 5.74) is 0. The van der Waals surface area contributed by atoms with Gasteiger partial charge in [0.05, 0.1) is 6.10 Å². The van der Waals surface area contributed by atoms with Gasteiger partial charge >= 0.3 is 5.97 Å². The van der Waals surface area contributed by atoms with Gasteiger partial charge in [0.1, 0.15) is 0 Å². The van der Waals surface area contributed by atoms with Gasteiger partial charge in [-0.1, -0.05) is 109 Å². The summed E-state index contributed by atoms with van der Waals surface area (Å²) in [6, 6.07) is 0. The molecule has 0 rings (SSSR count). The van der Waals surface area contributed by atoms with Crippen LogP contribution in [0.3, 0.4) is 0 Å². The third-order valence-corrected chi connectivity index (χ3v) is 5.94. The minimum absolute atomic E-state index is 0.00566. The van der Waals surface area contributed by atoms with Gasteiger partial charge in [-0.15, -0.1) is 0 Å². The van der Waals surface area contributed by atoms with E-state index in [2.05, 4.69) is 26.0 Å². The summed E-state index contributed by atoms with van der Waals surface area (Å²) < 4.78 is 5.55. The van der Waals surface area contributed by atoms with Crippen molar-refractivity contribution in [3.8, 4) is 0 Å². The molecule has 0 aromatic heterocycles. The van der Waals surface area contributed by atoms with Crippen molar-refractivity contribution in [3.63, 3.8) is 0 Å². The molecule has 2 nitrogen and oxygen atoms in total. The van der Waals surface area contributed by atoms with Gasteiger partial charge in [-0.3, -0.25) is 4.79 Å². The second kappa shape index (κ2) is 24.5. The van der Waals surface area contributed by atoms with E-state index in [1.807, 2.05) is 6.92 Å². The maximum Gasteiger partial charge on any atom is 0.306 e. The van der Waals surface area contributed by atoms with E-state index >= 15 is 0 Å². The van der Waals surface area contributed by atoms with Crippen molar-refractivity contribution in [2.24, 2.45) is 0 Å². The summed E-state index contributed by atoms with van der Waals surface area (Å²) in [6.45, 7) is 6.57. The van der Waals surface area contributed by atoms with Crippen LogP contribution in [-0.4, -0.2) is 12.1 Å². The molecule has 178 valence electrons. The SMILES string of the molecule is CCCCCCCCC=CCCCCCCCC(=O)OC(C)CCCCCCCC. The molecule has 1 unspecified atom stereocenters. The Bertz CT molecular complexity index is 375. The van der Waals surface area contributed by atoms with Crippen LogP contribution in [0.25, 0.3) is 0 Å². The molecule has 0 heterocycles. The van der Waals surface area contributed by atoms with Crippen LogP contribution in [0.15, 0.2) is 12.2 Å². The number of ether oxygens (including phenoxy) is 1. The number of carbonyl (C=O) groups is 1. The van der Waals surface area contributed by atoms with Crippen LogP contribution >= 0.6 is 0 Å². The molecule has 0 aliphatic rings. The molecule has 0 N–H and O–H groups in total. The van der Waals surface area contributed by atoms with E-state index in [0.717, 1.165) is 19.3 Å². The molecule has 1 atom stereocenters. The Kier molecular flexibility index (Phi) is 23.8. The monoisotopic (exact) mass is 422 g/mol. The Balaban J connectivity index is 3.33. The van der Waals surface area contributed by atoms with Crippen molar-refractivity contribution >= 4 is 5.97 Å². The molecule has 0 radical (unpaired) electrons. The highest BCUT2D eigenvalue weighted by Gasteiger charge is 2.08. The normalized spacial score (nSPS) is 12.5. The molecule has 0 spiro atoms. The Morgan fingerprint density at radius 1 is 0.633 bits per heavy atom. The van der Waals surface area contributed by atoms with Gasteiger partial charge in [0, 0.05) is 6.42 Å². The summed E-state index contributed by atoms with van der Waals surface area (Å²) in [5.74, 6) is 0.00566. The fourth-order valence-electron chi connectivity index (χ4n) is 3.89. The second-order valence-corrected chi connectivity index (χ2v) is 9.19. The van der Waals surface area contributed by atoms with Crippen LogP contribution in [0.2, 0.25) is 0 Å². The average Bonchev–Trinajstić information content (AvgIpc) is 2.73. The van der Waals surface area contributed by atoms with Gasteiger partial charge in [-0.05, 0) is 51.9 Å². The van der Waals surface area contributed by atoms with Crippen molar-refractivity contribution in [2.45, 2.75) is 162 Å². The lowest BCUT2D eigenvalue weighted by atomic mass is 10.1. The highest BCUT2D eigenvalue weighted by molar-refractivity contribution is 5.69. The average molecular weight is 423 g/mol. The number of hydrogen-bond donors (Lipinski definition) is 0. The highest BCUT2D eigenvalue weighted by Crippen LogP contribution is 2.13. The van der Waals surface area contributed by atoms with Gasteiger partial charge in [-0.25, -0.2) is 0 Å². The second-order valence-electron chi connectivity index (χ2n) is 9.19. The number of esters is 1. The fraction of sp³-hybridized carbons (Fsp3) is 0.893. The van der Waals surface area contributed by atoms with Crippen LogP contribution < -0.4 is 0 Å². The Morgan fingerprint density at radius 2 is 1.07 bits per heavy atom. The first-order chi connectivity index (χ1) is 14.7. The molecule has 0 aromatic carbocycles. The van der Waals surface area contributed by atoms with Gasteiger partial charge in [0.15, 0.2) is 0 Å². The Morgan fingerprint density at radius 3 is 1.60 bits per heavy atom. The van der Waals surface area contributed by atoms with E-state index in [1.165, 1.54) is 109 Å². The molecule has 0 amide bonds. The van der Waals surface area contributed by atoms with Crippen LogP contribution in [0.4, 0.5) is 0 Å². The zero-order valence-electron chi connectivity index (χ0n) is 20.9. The first-order valence-electron chi connectivity index (χ1n) is 13.5. The molecule has 0 fully saturated rings. The standard InChI is InChI=1S/C28H54O2/c1-4-6-8-10-12-13-14-15-16-17-18-19-20-22-24-26-28(29)30-27(3)25-23-21-11-9-7-5-2/h15-16,27H,4-14,17-26H2,1-3H3. The smallest absolute Gasteiger partial charge is 0.306 e. The predicted molar refractivity (Wildman–Crippen MR) is 133 cm³/mol. The minimum Gasteiger partial charge on any atom is -0.463 e. The Hall–Kier alpha value is -0.790. The molecular formula is C28H54O2. The van der Waals surface area contributed by atoms with Crippen LogP contribution in [-0.2, 0) is 9.53 Å². The lowest BCUT2D eigenvalue weighted by Gasteiger charge is -2.13. The van der Waals surface area contributed by atoms with E-state index in [1.54, 1.807) is 0 Å². The van der Waals surface area contributed by atoms with Gasteiger partial charge in [0.25, 0.3) is 0 Å². The molecule has 0 aliphatic carbocycles. The molecule has 0 aromatic rings. The van der Waals surface area contributed by atoms with Gasteiger partial charge < -0.3 is 4.74 Å². The van der Waals surface area contributed by atoms with E-state index in [-0.39, 0.29) is 12.1 Å². The largest absolute Gasteiger partial charge is 0.463 e. The molecule has 0 saturated heterocycles. The van der Waals surface area contributed by atoms with Gasteiger partial charge in [0.2, 0.25) is 0 Å². The first kappa shape index (κ1) is 29.2. The van der Waals surface area contributed by atoms with Crippen molar-refractivity contribution in [3.05, 3.63) is 12.2 Å². The molecule has 0 saturated carbocycles. The molecule has 0 bridgehead atoms. The lowest BCUT2D eigenvalue weighted by Crippen LogP contribution is -2.14. The first-order valence-corrected chi connectivity index (χ1v) is 13.5. The van der Waals surface area contributed by atoms with Crippen molar-refractivity contribution in [1.29, 1.82) is 0 Å². The zero-order chi connectivity index (χ0) is 22.1. The molecule has 2 heteroatoms. The maximum atomic E-state index is 11.9. The summed E-state index contributed by atoms with van der Waals surface area (Å²) in [6.07, 6.45) is 30.9. The third-order valence-electron chi connectivity index (χ3n) is 5.94. The van der Waals surface area contributed by atoms with Crippen molar-refractivity contribution in [2.75, 3.05) is 0 Å². The third kappa shape index (κ3) is 23.5. The maximum absolute atomic E-state index is 11.9.